The molecule has 0 amide bonds. The molecular weight excluding hydrogens is 266 g/mol. The summed E-state index contributed by atoms with van der Waals surface area (Å²) in [6.07, 6.45) is 1.47. The number of para-hydroxylation sites is 1. The third kappa shape index (κ3) is 2.06. The fourth-order valence-electron chi connectivity index (χ4n) is 1.84. The minimum absolute atomic E-state index is 0.00195. The van der Waals surface area contributed by atoms with E-state index in [2.05, 4.69) is 4.98 Å². The molecule has 1 N–H and O–H groups in total. The molecule has 94 valence electrons. The van der Waals surface area contributed by atoms with Gasteiger partial charge in [0.25, 0.3) is 0 Å². The van der Waals surface area contributed by atoms with Gasteiger partial charge >= 0.3 is 5.97 Å². The number of aromatic nitrogens is 1. The van der Waals surface area contributed by atoms with Gasteiger partial charge in [-0.25, -0.2) is 9.78 Å². The molecule has 2 aromatic heterocycles. The second kappa shape index (κ2) is 4.40. The van der Waals surface area contributed by atoms with E-state index in [1.165, 1.54) is 12.3 Å². The van der Waals surface area contributed by atoms with Crippen LogP contribution in [0.3, 0.4) is 0 Å². The van der Waals surface area contributed by atoms with E-state index in [9.17, 15) is 4.79 Å². The number of carboxylic acids is 1. The Morgan fingerprint density at radius 3 is 2.74 bits per heavy atom. The number of carboxylic acid groups (broad SMARTS) is 1. The van der Waals surface area contributed by atoms with E-state index >= 15 is 0 Å². The normalized spacial score (nSPS) is 10.8. The maximum Gasteiger partial charge on any atom is 0.354 e. The highest BCUT2D eigenvalue weighted by molar-refractivity contribution is 6.34. The van der Waals surface area contributed by atoms with E-state index in [0.717, 1.165) is 5.39 Å². The summed E-state index contributed by atoms with van der Waals surface area (Å²) in [5.74, 6) is -0.452. The number of aromatic carboxylic acids is 1. The van der Waals surface area contributed by atoms with Gasteiger partial charge in [0.05, 0.1) is 5.02 Å². The second-order valence-corrected chi connectivity index (χ2v) is 4.41. The van der Waals surface area contributed by atoms with E-state index < -0.39 is 5.97 Å². The van der Waals surface area contributed by atoms with Crippen molar-refractivity contribution in [3.8, 4) is 11.3 Å². The lowest BCUT2D eigenvalue weighted by Gasteiger charge is -1.97. The molecule has 2 heterocycles. The van der Waals surface area contributed by atoms with Crippen LogP contribution in [0.1, 0.15) is 10.5 Å². The number of rotatable bonds is 2. The van der Waals surface area contributed by atoms with Crippen LogP contribution in [0.5, 0.6) is 0 Å². The zero-order valence-electron chi connectivity index (χ0n) is 9.63. The summed E-state index contributed by atoms with van der Waals surface area (Å²) in [5.41, 5.74) is 1.32. The molecule has 0 aliphatic carbocycles. The topological polar surface area (TPSA) is 63.3 Å². The molecule has 3 rings (SSSR count). The van der Waals surface area contributed by atoms with Gasteiger partial charge in [-0.05, 0) is 24.3 Å². The molecule has 0 fully saturated rings. The van der Waals surface area contributed by atoms with Crippen LogP contribution in [0.25, 0.3) is 22.3 Å². The lowest BCUT2D eigenvalue weighted by atomic mass is 10.2. The van der Waals surface area contributed by atoms with Gasteiger partial charge in [-0.3, -0.25) is 0 Å². The van der Waals surface area contributed by atoms with Crippen LogP contribution in [-0.4, -0.2) is 16.1 Å². The zero-order valence-corrected chi connectivity index (χ0v) is 10.4. The Hall–Kier alpha value is -2.33. The first-order chi connectivity index (χ1) is 9.15. The Morgan fingerprint density at radius 2 is 2.11 bits per heavy atom. The molecular formula is C14H8ClNO3. The van der Waals surface area contributed by atoms with Gasteiger partial charge in [-0.15, -0.1) is 0 Å². The minimum Gasteiger partial charge on any atom is -0.477 e. The first-order valence-electron chi connectivity index (χ1n) is 5.53. The maximum atomic E-state index is 10.7. The largest absolute Gasteiger partial charge is 0.477 e. The zero-order chi connectivity index (χ0) is 13.4. The van der Waals surface area contributed by atoms with Crippen LogP contribution in [-0.2, 0) is 0 Å². The van der Waals surface area contributed by atoms with E-state index in [-0.39, 0.29) is 5.69 Å². The molecule has 0 bridgehead atoms. The summed E-state index contributed by atoms with van der Waals surface area (Å²) in [7, 11) is 0. The van der Waals surface area contributed by atoms with Crippen molar-refractivity contribution in [2.45, 2.75) is 0 Å². The number of pyridine rings is 1. The molecule has 1 aromatic carbocycles. The van der Waals surface area contributed by atoms with Gasteiger partial charge in [-0.2, -0.15) is 0 Å². The van der Waals surface area contributed by atoms with Crippen molar-refractivity contribution < 1.29 is 14.3 Å². The molecule has 0 spiro atoms. The summed E-state index contributed by atoms with van der Waals surface area (Å²) in [5, 5.41) is 10.2. The fourth-order valence-corrected chi connectivity index (χ4v) is 2.06. The minimum atomic E-state index is -1.06. The predicted molar refractivity (Wildman–Crippen MR) is 71.4 cm³/mol. The Balaban J connectivity index is 2.09. The third-order valence-corrected chi connectivity index (χ3v) is 3.06. The number of carbonyl (C=O) groups is 1. The van der Waals surface area contributed by atoms with Crippen LogP contribution in [0.15, 0.2) is 47.0 Å². The smallest absolute Gasteiger partial charge is 0.354 e. The highest BCUT2D eigenvalue weighted by Crippen LogP contribution is 2.31. The molecule has 0 atom stereocenters. The van der Waals surface area contributed by atoms with Gasteiger partial charge in [0, 0.05) is 17.1 Å². The first kappa shape index (κ1) is 11.7. The number of furan rings is 1. The number of benzene rings is 1. The molecule has 0 radical (unpaired) electrons. The SMILES string of the molecule is O=C(O)c1ccc(-c2cc3cccc(Cl)c3o2)cn1. The van der Waals surface area contributed by atoms with Crippen molar-refractivity contribution in [2.24, 2.45) is 0 Å². The number of hydrogen-bond acceptors (Lipinski definition) is 3. The summed E-state index contributed by atoms with van der Waals surface area (Å²) in [4.78, 5) is 14.6. The van der Waals surface area contributed by atoms with Crippen molar-refractivity contribution in [1.82, 2.24) is 4.98 Å². The Labute approximate surface area is 113 Å². The quantitative estimate of drug-likeness (QED) is 0.770. The standard InChI is InChI=1S/C14H8ClNO3/c15-10-3-1-2-8-6-12(19-13(8)10)9-4-5-11(14(17)18)16-7-9/h1-7H,(H,17,18). The summed E-state index contributed by atoms with van der Waals surface area (Å²) in [6.45, 7) is 0. The third-order valence-electron chi connectivity index (χ3n) is 2.76. The molecule has 19 heavy (non-hydrogen) atoms. The number of halogens is 1. The van der Waals surface area contributed by atoms with Crippen LogP contribution < -0.4 is 0 Å². The highest BCUT2D eigenvalue weighted by atomic mass is 35.5. The van der Waals surface area contributed by atoms with Gasteiger partial charge in [-0.1, -0.05) is 23.7 Å². The average Bonchev–Trinajstić information content (AvgIpc) is 2.84. The number of hydrogen-bond donors (Lipinski definition) is 1. The molecule has 0 aliphatic rings. The van der Waals surface area contributed by atoms with E-state index in [1.54, 1.807) is 12.1 Å². The number of nitrogens with zero attached hydrogens (tertiary/aromatic N) is 1. The first-order valence-corrected chi connectivity index (χ1v) is 5.91. The van der Waals surface area contributed by atoms with Gasteiger partial charge in [0.2, 0.25) is 0 Å². The van der Waals surface area contributed by atoms with Crippen molar-refractivity contribution in [3.63, 3.8) is 0 Å². The highest BCUT2D eigenvalue weighted by Gasteiger charge is 2.10. The van der Waals surface area contributed by atoms with E-state index in [1.807, 2.05) is 18.2 Å². The molecule has 0 saturated heterocycles. The van der Waals surface area contributed by atoms with Crippen molar-refractivity contribution in [1.29, 1.82) is 0 Å². The van der Waals surface area contributed by atoms with E-state index in [4.69, 9.17) is 21.1 Å². The van der Waals surface area contributed by atoms with Crippen LogP contribution in [0.4, 0.5) is 0 Å². The molecule has 0 aliphatic heterocycles. The lowest BCUT2D eigenvalue weighted by molar-refractivity contribution is 0.0690. The van der Waals surface area contributed by atoms with Crippen LogP contribution in [0.2, 0.25) is 5.02 Å². The molecule has 3 aromatic rings. The fraction of sp³-hybridized carbons (Fsp3) is 0. The summed E-state index contributed by atoms with van der Waals surface area (Å²) in [6, 6.07) is 10.4. The number of fused-ring (bicyclic) bond motifs is 1. The lowest BCUT2D eigenvalue weighted by Crippen LogP contribution is -1.98. The van der Waals surface area contributed by atoms with Crippen LogP contribution in [0, 0.1) is 0 Å². The Kier molecular flexibility index (Phi) is 2.72. The van der Waals surface area contributed by atoms with Crippen LogP contribution >= 0.6 is 11.6 Å². The maximum absolute atomic E-state index is 10.7. The Morgan fingerprint density at radius 1 is 1.26 bits per heavy atom. The predicted octanol–water partition coefficient (Wildman–Crippen LogP) is 3.85. The van der Waals surface area contributed by atoms with Gasteiger partial charge in [0.1, 0.15) is 11.5 Å². The Bertz CT molecular complexity index is 762. The average molecular weight is 274 g/mol. The summed E-state index contributed by atoms with van der Waals surface area (Å²) < 4.78 is 5.67. The van der Waals surface area contributed by atoms with Crippen molar-refractivity contribution >= 4 is 28.5 Å². The van der Waals surface area contributed by atoms with Gasteiger partial charge < -0.3 is 9.52 Å². The summed E-state index contributed by atoms with van der Waals surface area (Å²) >= 11 is 6.04. The molecule has 5 heteroatoms. The molecule has 4 nitrogen and oxygen atoms in total. The second-order valence-electron chi connectivity index (χ2n) is 4.01. The van der Waals surface area contributed by atoms with Crippen molar-refractivity contribution in [2.75, 3.05) is 0 Å². The van der Waals surface area contributed by atoms with Crippen molar-refractivity contribution in [3.05, 3.63) is 53.3 Å². The monoisotopic (exact) mass is 273 g/mol. The molecule has 0 unspecified atom stereocenters. The van der Waals surface area contributed by atoms with E-state index in [0.29, 0.717) is 21.9 Å². The molecule has 0 saturated carbocycles. The van der Waals surface area contributed by atoms with Gasteiger partial charge in [0.15, 0.2) is 5.58 Å².